The summed E-state index contributed by atoms with van der Waals surface area (Å²) in [6, 6.07) is 3.21. The topological polar surface area (TPSA) is 71.1 Å². The fourth-order valence-electron chi connectivity index (χ4n) is 2.24. The molecular weight excluding hydrogens is 310 g/mol. The van der Waals surface area contributed by atoms with Crippen LogP contribution >= 0.6 is 23.4 Å². The van der Waals surface area contributed by atoms with Gasteiger partial charge in [0.05, 0.1) is 10.8 Å². The first-order valence-electron chi connectivity index (χ1n) is 6.99. The van der Waals surface area contributed by atoms with Crippen molar-refractivity contribution < 1.29 is 9.59 Å². The van der Waals surface area contributed by atoms with Gasteiger partial charge in [0.15, 0.2) is 0 Å². The molecule has 1 fully saturated rings. The van der Waals surface area contributed by atoms with Gasteiger partial charge in [0.1, 0.15) is 5.03 Å². The first-order chi connectivity index (χ1) is 10.1. The molecule has 0 radical (unpaired) electrons. The number of nitrogens with one attached hydrogen (secondary N) is 2. The van der Waals surface area contributed by atoms with Gasteiger partial charge in [-0.05, 0) is 25.0 Å². The second-order valence-electron chi connectivity index (χ2n) is 4.94. The van der Waals surface area contributed by atoms with E-state index in [0.29, 0.717) is 10.0 Å². The number of carbonyl (C=O) groups excluding carboxylic acids is 2. The van der Waals surface area contributed by atoms with Crippen molar-refractivity contribution in [3.05, 3.63) is 23.4 Å². The summed E-state index contributed by atoms with van der Waals surface area (Å²) in [4.78, 5) is 27.5. The van der Waals surface area contributed by atoms with Crippen LogP contribution in [0.4, 0.5) is 4.79 Å². The van der Waals surface area contributed by atoms with Gasteiger partial charge in [-0.2, -0.15) is 0 Å². The van der Waals surface area contributed by atoms with E-state index in [1.54, 1.807) is 18.3 Å². The lowest BCUT2D eigenvalue weighted by Gasteiger charge is -2.22. The summed E-state index contributed by atoms with van der Waals surface area (Å²) in [6.45, 7) is 0. The standard InChI is InChI=1S/C14H18ClN3O2S/c15-11-7-4-8-16-13(11)21-9-12(19)18-14(20)17-10-5-2-1-3-6-10/h4,7-8,10H,1-3,5-6,9H2,(H2,17,18,19,20). The Morgan fingerprint density at radius 2 is 2.10 bits per heavy atom. The van der Waals surface area contributed by atoms with E-state index in [1.807, 2.05) is 0 Å². The normalized spacial score (nSPS) is 15.5. The molecule has 2 N–H and O–H groups in total. The van der Waals surface area contributed by atoms with Gasteiger partial charge < -0.3 is 5.32 Å². The molecule has 0 unspecified atom stereocenters. The Hall–Kier alpha value is -1.27. The maximum absolute atomic E-state index is 11.7. The number of urea groups is 1. The number of pyridine rings is 1. The summed E-state index contributed by atoms with van der Waals surface area (Å²) in [7, 11) is 0. The highest BCUT2D eigenvalue weighted by Gasteiger charge is 2.17. The first kappa shape index (κ1) is 16.1. The van der Waals surface area contributed by atoms with Gasteiger partial charge in [0.2, 0.25) is 5.91 Å². The smallest absolute Gasteiger partial charge is 0.321 e. The van der Waals surface area contributed by atoms with Gasteiger partial charge in [0, 0.05) is 12.2 Å². The van der Waals surface area contributed by atoms with E-state index in [2.05, 4.69) is 15.6 Å². The van der Waals surface area contributed by atoms with Gasteiger partial charge >= 0.3 is 6.03 Å². The van der Waals surface area contributed by atoms with Gasteiger partial charge in [-0.25, -0.2) is 9.78 Å². The number of halogens is 1. The number of rotatable bonds is 4. The number of imide groups is 1. The average molecular weight is 328 g/mol. The molecule has 1 aliphatic rings. The maximum Gasteiger partial charge on any atom is 0.321 e. The molecule has 0 bridgehead atoms. The van der Waals surface area contributed by atoms with Crippen LogP contribution in [0.2, 0.25) is 5.02 Å². The van der Waals surface area contributed by atoms with Gasteiger partial charge in [-0.3, -0.25) is 10.1 Å². The minimum atomic E-state index is -0.417. The second-order valence-corrected chi connectivity index (χ2v) is 6.31. The summed E-state index contributed by atoms with van der Waals surface area (Å²) in [5, 5.41) is 6.26. The number of amides is 3. The SMILES string of the molecule is O=C(CSc1ncccc1Cl)NC(=O)NC1CCCCC1. The van der Waals surface area contributed by atoms with E-state index in [1.165, 1.54) is 18.2 Å². The summed E-state index contributed by atoms with van der Waals surface area (Å²) >= 11 is 7.16. The van der Waals surface area contributed by atoms with Crippen LogP contribution in [0.3, 0.4) is 0 Å². The largest absolute Gasteiger partial charge is 0.335 e. The van der Waals surface area contributed by atoms with Crippen LogP contribution in [0.5, 0.6) is 0 Å². The van der Waals surface area contributed by atoms with Crippen molar-refractivity contribution in [1.29, 1.82) is 0 Å². The lowest BCUT2D eigenvalue weighted by atomic mass is 9.96. The Morgan fingerprint density at radius 3 is 2.81 bits per heavy atom. The Morgan fingerprint density at radius 1 is 1.33 bits per heavy atom. The van der Waals surface area contributed by atoms with Crippen LogP contribution in [0.25, 0.3) is 0 Å². The van der Waals surface area contributed by atoms with Gasteiger partial charge in [0.25, 0.3) is 0 Å². The molecule has 1 aromatic rings. The second kappa shape index (κ2) is 8.24. The highest BCUT2D eigenvalue weighted by Crippen LogP contribution is 2.23. The number of aromatic nitrogens is 1. The minimum absolute atomic E-state index is 0.106. The Labute approximate surface area is 133 Å². The van der Waals surface area contributed by atoms with Gasteiger partial charge in [-0.1, -0.05) is 42.6 Å². The number of nitrogens with zero attached hydrogens (tertiary/aromatic N) is 1. The van der Waals surface area contributed by atoms with Crippen molar-refractivity contribution in [3.8, 4) is 0 Å². The lowest BCUT2D eigenvalue weighted by Crippen LogP contribution is -2.45. The highest BCUT2D eigenvalue weighted by atomic mass is 35.5. The maximum atomic E-state index is 11.7. The molecule has 114 valence electrons. The Bertz CT molecular complexity index is 507. The highest BCUT2D eigenvalue weighted by molar-refractivity contribution is 8.00. The van der Waals surface area contributed by atoms with E-state index in [-0.39, 0.29) is 17.7 Å². The van der Waals surface area contributed by atoms with E-state index >= 15 is 0 Å². The number of hydrogen-bond donors (Lipinski definition) is 2. The number of hydrogen-bond acceptors (Lipinski definition) is 4. The molecule has 0 aromatic carbocycles. The third kappa shape index (κ3) is 5.55. The van der Waals surface area contributed by atoms with Crippen LogP contribution in [-0.4, -0.2) is 28.7 Å². The molecular formula is C14H18ClN3O2S. The van der Waals surface area contributed by atoms with Crippen LogP contribution in [-0.2, 0) is 4.79 Å². The summed E-state index contributed by atoms with van der Waals surface area (Å²) in [5.74, 6) is -0.246. The van der Waals surface area contributed by atoms with Crippen LogP contribution in [0.15, 0.2) is 23.4 Å². The fraction of sp³-hybridized carbons (Fsp3) is 0.500. The summed E-state index contributed by atoms with van der Waals surface area (Å²) < 4.78 is 0. The van der Waals surface area contributed by atoms with E-state index in [4.69, 9.17) is 11.6 Å². The fourth-order valence-corrected chi connectivity index (χ4v) is 3.21. The lowest BCUT2D eigenvalue weighted by molar-refractivity contribution is -0.117. The zero-order chi connectivity index (χ0) is 15.1. The minimum Gasteiger partial charge on any atom is -0.335 e. The Kier molecular flexibility index (Phi) is 6.32. The molecule has 0 spiro atoms. The van der Waals surface area contributed by atoms with Crippen molar-refractivity contribution in [2.75, 3.05) is 5.75 Å². The van der Waals surface area contributed by atoms with E-state index in [0.717, 1.165) is 25.7 Å². The molecule has 5 nitrogen and oxygen atoms in total. The first-order valence-corrected chi connectivity index (χ1v) is 8.35. The van der Waals surface area contributed by atoms with Crippen LogP contribution in [0, 0.1) is 0 Å². The zero-order valence-electron chi connectivity index (χ0n) is 11.6. The van der Waals surface area contributed by atoms with Crippen molar-refractivity contribution in [2.24, 2.45) is 0 Å². The molecule has 7 heteroatoms. The molecule has 0 saturated heterocycles. The third-order valence-electron chi connectivity index (χ3n) is 3.26. The van der Waals surface area contributed by atoms with Crippen molar-refractivity contribution in [2.45, 2.75) is 43.2 Å². The van der Waals surface area contributed by atoms with Crippen molar-refractivity contribution in [3.63, 3.8) is 0 Å². The molecule has 1 aliphatic carbocycles. The van der Waals surface area contributed by atoms with Crippen molar-refractivity contribution >= 4 is 35.3 Å². The Balaban J connectivity index is 1.71. The van der Waals surface area contributed by atoms with E-state index < -0.39 is 6.03 Å². The summed E-state index contributed by atoms with van der Waals surface area (Å²) in [6.07, 6.45) is 7.07. The molecule has 1 saturated carbocycles. The third-order valence-corrected chi connectivity index (χ3v) is 4.68. The molecule has 0 aliphatic heterocycles. The molecule has 21 heavy (non-hydrogen) atoms. The molecule has 3 amide bonds. The summed E-state index contributed by atoms with van der Waals surface area (Å²) in [5.41, 5.74) is 0. The molecule has 1 aromatic heterocycles. The van der Waals surface area contributed by atoms with E-state index in [9.17, 15) is 9.59 Å². The number of carbonyl (C=O) groups is 2. The van der Waals surface area contributed by atoms with Gasteiger partial charge in [-0.15, -0.1) is 0 Å². The van der Waals surface area contributed by atoms with Crippen LogP contribution < -0.4 is 10.6 Å². The predicted molar refractivity (Wildman–Crippen MR) is 83.5 cm³/mol. The van der Waals surface area contributed by atoms with Crippen LogP contribution in [0.1, 0.15) is 32.1 Å². The molecule has 2 rings (SSSR count). The molecule has 1 heterocycles. The average Bonchev–Trinajstić information content (AvgIpc) is 2.47. The molecule has 0 atom stereocenters. The predicted octanol–water partition coefficient (Wildman–Crippen LogP) is 2.99. The monoisotopic (exact) mass is 327 g/mol. The van der Waals surface area contributed by atoms with Crippen molar-refractivity contribution in [1.82, 2.24) is 15.6 Å². The quantitative estimate of drug-likeness (QED) is 0.834. The number of thioether (sulfide) groups is 1. The zero-order valence-corrected chi connectivity index (χ0v) is 13.2.